The number of hydrogen-bond acceptors (Lipinski definition) is 3. The molecule has 0 N–H and O–H groups in total. The van der Waals surface area contributed by atoms with Crippen molar-refractivity contribution in [1.82, 2.24) is 4.98 Å². The number of thiazole rings is 1. The molecule has 0 atom stereocenters. The predicted octanol–water partition coefficient (Wildman–Crippen LogP) is 6.22. The average Bonchev–Trinajstić information content (AvgIpc) is 3.03. The van der Waals surface area contributed by atoms with E-state index in [9.17, 15) is 0 Å². The van der Waals surface area contributed by atoms with Crippen molar-refractivity contribution in [3.63, 3.8) is 0 Å². The standard InChI is InChI=1S/C20H19BrN2S/c21-16-7-10-18-19(14-16)24-20(22-18)11-6-15-4-8-17(9-5-15)23-12-2-1-3-13-23/h4-11,14H,1-3,12-13H2. The minimum atomic E-state index is 1.04. The van der Waals surface area contributed by atoms with Crippen molar-refractivity contribution in [2.75, 3.05) is 18.0 Å². The molecule has 2 nitrogen and oxygen atoms in total. The van der Waals surface area contributed by atoms with Crippen molar-refractivity contribution >= 4 is 55.3 Å². The molecule has 4 heteroatoms. The van der Waals surface area contributed by atoms with Crippen LogP contribution in [0.15, 0.2) is 46.9 Å². The van der Waals surface area contributed by atoms with Crippen molar-refractivity contribution in [3.05, 3.63) is 57.5 Å². The molecule has 2 heterocycles. The molecule has 0 saturated carbocycles. The van der Waals surface area contributed by atoms with Crippen molar-refractivity contribution in [2.24, 2.45) is 0 Å². The first-order chi connectivity index (χ1) is 11.8. The third kappa shape index (κ3) is 3.55. The van der Waals surface area contributed by atoms with Gasteiger partial charge in [0.2, 0.25) is 0 Å². The van der Waals surface area contributed by atoms with Gasteiger partial charge in [-0.3, -0.25) is 0 Å². The molecule has 1 aliphatic heterocycles. The zero-order valence-electron chi connectivity index (χ0n) is 13.4. The van der Waals surface area contributed by atoms with Crippen molar-refractivity contribution in [1.29, 1.82) is 0 Å². The normalized spacial score (nSPS) is 15.5. The average molecular weight is 399 g/mol. The smallest absolute Gasteiger partial charge is 0.117 e. The number of rotatable bonds is 3. The van der Waals surface area contributed by atoms with Gasteiger partial charge in [-0.05, 0) is 61.2 Å². The van der Waals surface area contributed by atoms with Gasteiger partial charge >= 0.3 is 0 Å². The Morgan fingerprint density at radius 2 is 1.75 bits per heavy atom. The summed E-state index contributed by atoms with van der Waals surface area (Å²) in [4.78, 5) is 7.15. The lowest BCUT2D eigenvalue weighted by atomic mass is 10.1. The van der Waals surface area contributed by atoms with Crippen LogP contribution < -0.4 is 4.90 Å². The van der Waals surface area contributed by atoms with E-state index in [0.717, 1.165) is 15.0 Å². The summed E-state index contributed by atoms with van der Waals surface area (Å²) >= 11 is 5.23. The molecule has 1 aromatic heterocycles. The highest BCUT2D eigenvalue weighted by Gasteiger charge is 2.10. The van der Waals surface area contributed by atoms with Crippen LogP contribution in [0.25, 0.3) is 22.4 Å². The van der Waals surface area contributed by atoms with E-state index in [4.69, 9.17) is 0 Å². The molecule has 0 unspecified atom stereocenters. The van der Waals surface area contributed by atoms with Crippen molar-refractivity contribution in [3.8, 4) is 0 Å². The summed E-state index contributed by atoms with van der Waals surface area (Å²) in [5.41, 5.74) is 3.62. The summed E-state index contributed by atoms with van der Waals surface area (Å²) in [5, 5.41) is 1.04. The topological polar surface area (TPSA) is 16.1 Å². The quantitative estimate of drug-likeness (QED) is 0.520. The number of anilines is 1. The van der Waals surface area contributed by atoms with E-state index in [2.05, 4.69) is 74.4 Å². The van der Waals surface area contributed by atoms with Gasteiger partial charge in [0, 0.05) is 23.2 Å². The van der Waals surface area contributed by atoms with Gasteiger partial charge in [-0.25, -0.2) is 4.98 Å². The number of hydrogen-bond donors (Lipinski definition) is 0. The summed E-state index contributed by atoms with van der Waals surface area (Å²) in [5.74, 6) is 0. The maximum Gasteiger partial charge on any atom is 0.117 e. The Balaban J connectivity index is 1.50. The second-order valence-electron chi connectivity index (χ2n) is 6.14. The van der Waals surface area contributed by atoms with Crippen LogP contribution in [0.3, 0.4) is 0 Å². The van der Waals surface area contributed by atoms with Crippen LogP contribution in [0.2, 0.25) is 0 Å². The lowest BCUT2D eigenvalue weighted by Crippen LogP contribution is -2.29. The van der Waals surface area contributed by atoms with E-state index in [1.807, 2.05) is 6.07 Å². The second-order valence-corrected chi connectivity index (χ2v) is 8.11. The number of halogens is 1. The Kier molecular flexibility index (Phi) is 4.67. The van der Waals surface area contributed by atoms with Gasteiger partial charge in [0.1, 0.15) is 5.01 Å². The van der Waals surface area contributed by atoms with E-state index >= 15 is 0 Å². The zero-order chi connectivity index (χ0) is 16.4. The van der Waals surface area contributed by atoms with E-state index in [-0.39, 0.29) is 0 Å². The zero-order valence-corrected chi connectivity index (χ0v) is 15.8. The van der Waals surface area contributed by atoms with Gasteiger partial charge in [-0.15, -0.1) is 11.3 Å². The van der Waals surface area contributed by atoms with Gasteiger partial charge in [-0.1, -0.05) is 34.1 Å². The molecule has 1 saturated heterocycles. The SMILES string of the molecule is Brc1ccc2nc(C=Cc3ccc(N4CCCCC4)cc3)sc2c1. The third-order valence-electron chi connectivity index (χ3n) is 4.40. The molecule has 4 rings (SSSR count). The van der Waals surface area contributed by atoms with Crippen molar-refractivity contribution < 1.29 is 0 Å². The highest BCUT2D eigenvalue weighted by atomic mass is 79.9. The van der Waals surface area contributed by atoms with Crippen LogP contribution in [0.5, 0.6) is 0 Å². The Morgan fingerprint density at radius 1 is 0.958 bits per heavy atom. The fourth-order valence-corrected chi connectivity index (χ4v) is 4.53. The van der Waals surface area contributed by atoms with Crippen LogP contribution in [0.1, 0.15) is 29.8 Å². The molecular formula is C20H19BrN2S. The molecule has 2 aromatic carbocycles. The fraction of sp³-hybridized carbons (Fsp3) is 0.250. The molecular weight excluding hydrogens is 380 g/mol. The maximum absolute atomic E-state index is 4.66. The number of piperidine rings is 1. The molecule has 3 aromatic rings. The Morgan fingerprint density at radius 3 is 2.54 bits per heavy atom. The highest BCUT2D eigenvalue weighted by Crippen LogP contribution is 2.27. The Labute approximate surface area is 155 Å². The highest BCUT2D eigenvalue weighted by molar-refractivity contribution is 9.10. The van der Waals surface area contributed by atoms with E-state index < -0.39 is 0 Å². The van der Waals surface area contributed by atoms with Gasteiger partial charge < -0.3 is 4.90 Å². The predicted molar refractivity (Wildman–Crippen MR) is 109 cm³/mol. The summed E-state index contributed by atoms with van der Waals surface area (Å²) in [6.07, 6.45) is 8.25. The monoisotopic (exact) mass is 398 g/mol. The lowest BCUT2D eigenvalue weighted by Gasteiger charge is -2.28. The number of fused-ring (bicyclic) bond motifs is 1. The largest absolute Gasteiger partial charge is 0.372 e. The van der Waals surface area contributed by atoms with Gasteiger partial charge in [-0.2, -0.15) is 0 Å². The first-order valence-electron chi connectivity index (χ1n) is 8.37. The summed E-state index contributed by atoms with van der Waals surface area (Å²) < 4.78 is 2.31. The molecule has 24 heavy (non-hydrogen) atoms. The van der Waals surface area contributed by atoms with Gasteiger partial charge in [0.05, 0.1) is 10.2 Å². The second kappa shape index (κ2) is 7.08. The van der Waals surface area contributed by atoms with Crippen LogP contribution >= 0.6 is 27.3 Å². The van der Waals surface area contributed by atoms with Gasteiger partial charge in [0.25, 0.3) is 0 Å². The molecule has 0 bridgehead atoms. The third-order valence-corrected chi connectivity index (χ3v) is 5.88. The maximum atomic E-state index is 4.66. The van der Waals surface area contributed by atoms with E-state index in [1.165, 1.54) is 48.3 Å². The molecule has 1 fully saturated rings. The van der Waals surface area contributed by atoms with Crippen LogP contribution in [0, 0.1) is 0 Å². The number of nitrogens with zero attached hydrogens (tertiary/aromatic N) is 2. The summed E-state index contributed by atoms with van der Waals surface area (Å²) in [7, 11) is 0. The molecule has 0 spiro atoms. The lowest BCUT2D eigenvalue weighted by molar-refractivity contribution is 0.578. The summed E-state index contributed by atoms with van der Waals surface area (Å²) in [6, 6.07) is 15.1. The Bertz CT molecular complexity index is 861. The molecule has 0 radical (unpaired) electrons. The van der Waals surface area contributed by atoms with E-state index in [0.29, 0.717) is 0 Å². The minimum absolute atomic E-state index is 1.04. The first-order valence-corrected chi connectivity index (χ1v) is 9.98. The number of benzene rings is 2. The Hall–Kier alpha value is -1.65. The number of aromatic nitrogens is 1. The molecule has 0 aliphatic carbocycles. The minimum Gasteiger partial charge on any atom is -0.372 e. The fourth-order valence-electron chi connectivity index (χ4n) is 3.10. The van der Waals surface area contributed by atoms with Gasteiger partial charge in [0.15, 0.2) is 0 Å². The van der Waals surface area contributed by atoms with E-state index in [1.54, 1.807) is 11.3 Å². The van der Waals surface area contributed by atoms with Crippen LogP contribution in [-0.2, 0) is 0 Å². The molecule has 0 amide bonds. The summed E-state index contributed by atoms with van der Waals surface area (Å²) in [6.45, 7) is 2.38. The van der Waals surface area contributed by atoms with Crippen molar-refractivity contribution in [2.45, 2.75) is 19.3 Å². The van der Waals surface area contributed by atoms with Crippen LogP contribution in [-0.4, -0.2) is 18.1 Å². The van der Waals surface area contributed by atoms with Crippen LogP contribution in [0.4, 0.5) is 5.69 Å². The first kappa shape index (κ1) is 15.9. The molecule has 1 aliphatic rings. The molecule has 122 valence electrons.